The van der Waals surface area contributed by atoms with Crippen LogP contribution in [0.4, 0.5) is 10.1 Å². The fraction of sp³-hybridized carbons (Fsp3) is 0.200. The van der Waals surface area contributed by atoms with Crippen molar-refractivity contribution in [3.8, 4) is 11.5 Å². The predicted octanol–water partition coefficient (Wildman–Crippen LogP) is 4.62. The molecule has 3 rings (SSSR count). The Bertz CT molecular complexity index is 681. The number of anilines is 1. The van der Waals surface area contributed by atoms with Gasteiger partial charge in [-0.2, -0.15) is 0 Å². The van der Waals surface area contributed by atoms with Crippen LogP contribution in [0, 0.1) is 5.82 Å². The maximum atomic E-state index is 13.1. The number of benzene rings is 2. The van der Waals surface area contributed by atoms with Gasteiger partial charge in [-0.05, 0) is 17.7 Å². The minimum atomic E-state index is -0.275. The Labute approximate surface area is 135 Å². The van der Waals surface area contributed by atoms with Crippen molar-refractivity contribution in [2.24, 2.45) is 0 Å². The van der Waals surface area contributed by atoms with E-state index in [1.807, 2.05) is 6.07 Å². The zero-order valence-electron chi connectivity index (χ0n) is 11.0. The zero-order valence-corrected chi connectivity index (χ0v) is 13.3. The van der Waals surface area contributed by atoms with Crippen molar-refractivity contribution in [1.29, 1.82) is 0 Å². The molecule has 0 bridgehead atoms. The van der Waals surface area contributed by atoms with Gasteiger partial charge in [0.15, 0.2) is 11.5 Å². The molecule has 2 aromatic rings. The van der Waals surface area contributed by atoms with Crippen LogP contribution >= 0.6 is 27.5 Å². The maximum absolute atomic E-state index is 13.1. The third kappa shape index (κ3) is 3.24. The summed E-state index contributed by atoms with van der Waals surface area (Å²) in [4.78, 5) is 0. The highest BCUT2D eigenvalue weighted by Gasteiger charge is 2.15. The molecule has 0 aliphatic carbocycles. The molecule has 1 aliphatic heterocycles. The molecule has 0 amide bonds. The number of nitrogens with one attached hydrogen (secondary N) is 1. The van der Waals surface area contributed by atoms with Crippen molar-refractivity contribution in [1.82, 2.24) is 0 Å². The first-order valence-corrected chi connectivity index (χ1v) is 7.57. The van der Waals surface area contributed by atoms with Crippen molar-refractivity contribution in [3.05, 3.63) is 51.2 Å². The molecule has 3 nitrogen and oxygen atoms in total. The molecule has 110 valence electrons. The molecule has 0 saturated heterocycles. The van der Waals surface area contributed by atoms with Crippen LogP contribution in [0.1, 0.15) is 5.56 Å². The summed E-state index contributed by atoms with van der Waals surface area (Å²) in [5.41, 5.74) is 1.68. The highest BCUT2D eigenvalue weighted by atomic mass is 79.9. The van der Waals surface area contributed by atoms with Crippen LogP contribution in [0.15, 0.2) is 34.8 Å². The first kappa shape index (κ1) is 14.5. The zero-order chi connectivity index (χ0) is 14.8. The van der Waals surface area contributed by atoms with Crippen molar-refractivity contribution in [2.45, 2.75) is 6.54 Å². The lowest BCUT2D eigenvalue weighted by Crippen LogP contribution is -2.15. The molecule has 0 spiro atoms. The monoisotopic (exact) mass is 371 g/mol. The summed E-state index contributed by atoms with van der Waals surface area (Å²) in [6, 6.07) is 8.13. The van der Waals surface area contributed by atoms with E-state index < -0.39 is 0 Å². The van der Waals surface area contributed by atoms with Gasteiger partial charge in [-0.1, -0.05) is 33.6 Å². The molecule has 0 radical (unpaired) electrons. The number of ether oxygens (including phenoxy) is 2. The second-order valence-electron chi connectivity index (χ2n) is 4.56. The molecule has 2 aromatic carbocycles. The Kier molecular flexibility index (Phi) is 4.22. The van der Waals surface area contributed by atoms with Crippen LogP contribution in [0.5, 0.6) is 11.5 Å². The van der Waals surface area contributed by atoms with Gasteiger partial charge in [0.25, 0.3) is 0 Å². The summed E-state index contributed by atoms with van der Waals surface area (Å²) in [6.07, 6.45) is 0. The van der Waals surface area contributed by atoms with Crippen LogP contribution in [0.2, 0.25) is 5.02 Å². The van der Waals surface area contributed by atoms with E-state index in [2.05, 4.69) is 21.2 Å². The first-order chi connectivity index (χ1) is 10.1. The summed E-state index contributed by atoms with van der Waals surface area (Å²) in [7, 11) is 0. The first-order valence-electron chi connectivity index (χ1n) is 6.40. The minimum Gasteiger partial charge on any atom is -0.486 e. The Morgan fingerprint density at radius 2 is 1.86 bits per heavy atom. The topological polar surface area (TPSA) is 30.5 Å². The normalized spacial score (nSPS) is 13.1. The van der Waals surface area contributed by atoms with Crippen LogP contribution in [-0.4, -0.2) is 13.2 Å². The molecule has 1 aliphatic rings. The molecule has 1 N–H and O–H groups in total. The van der Waals surface area contributed by atoms with Gasteiger partial charge in [-0.15, -0.1) is 0 Å². The third-order valence-corrected chi connectivity index (χ3v) is 4.17. The fourth-order valence-electron chi connectivity index (χ4n) is 2.05. The summed E-state index contributed by atoms with van der Waals surface area (Å²) >= 11 is 9.56. The lowest BCUT2D eigenvalue weighted by molar-refractivity contribution is 0.171. The van der Waals surface area contributed by atoms with E-state index in [0.717, 1.165) is 11.3 Å². The molecule has 0 aromatic heterocycles. The van der Waals surface area contributed by atoms with E-state index in [1.165, 1.54) is 12.1 Å². The van der Waals surface area contributed by atoms with E-state index >= 15 is 0 Å². The molecule has 21 heavy (non-hydrogen) atoms. The van der Waals surface area contributed by atoms with Crippen molar-refractivity contribution in [2.75, 3.05) is 18.5 Å². The van der Waals surface area contributed by atoms with E-state index in [1.54, 1.807) is 12.1 Å². The minimum absolute atomic E-state index is 0.275. The summed E-state index contributed by atoms with van der Waals surface area (Å²) in [5, 5.41) is 3.77. The van der Waals surface area contributed by atoms with Gasteiger partial charge in [0.05, 0.1) is 10.7 Å². The van der Waals surface area contributed by atoms with Gasteiger partial charge in [-0.25, -0.2) is 4.39 Å². The lowest BCUT2D eigenvalue weighted by Gasteiger charge is -2.20. The Hall–Kier alpha value is -1.46. The second-order valence-corrected chi connectivity index (χ2v) is 5.83. The largest absolute Gasteiger partial charge is 0.486 e. The molecule has 6 heteroatoms. The second kappa shape index (κ2) is 6.12. The number of rotatable bonds is 3. The van der Waals surface area contributed by atoms with Gasteiger partial charge in [0.2, 0.25) is 0 Å². The van der Waals surface area contributed by atoms with Crippen molar-refractivity contribution in [3.63, 3.8) is 0 Å². The standard InChI is InChI=1S/C15H12BrClFNO2/c16-11-5-10(18)2-1-9(11)8-19-13-7-15-14(6-12(13)17)20-3-4-21-15/h1-2,5-7,19H,3-4,8H2. The van der Waals surface area contributed by atoms with Gasteiger partial charge in [-0.3, -0.25) is 0 Å². The Morgan fingerprint density at radius 3 is 2.57 bits per heavy atom. The molecular formula is C15H12BrClFNO2. The van der Waals surface area contributed by atoms with Gasteiger partial charge < -0.3 is 14.8 Å². The number of fused-ring (bicyclic) bond motifs is 1. The van der Waals surface area contributed by atoms with Gasteiger partial charge in [0.1, 0.15) is 19.0 Å². The van der Waals surface area contributed by atoms with Gasteiger partial charge in [0, 0.05) is 23.2 Å². The van der Waals surface area contributed by atoms with Crippen LogP contribution in [-0.2, 0) is 6.54 Å². The average Bonchev–Trinajstić information content (AvgIpc) is 2.46. The number of hydrogen-bond donors (Lipinski definition) is 1. The van der Waals surface area contributed by atoms with Crippen LogP contribution in [0.3, 0.4) is 0 Å². The Balaban J connectivity index is 1.78. The third-order valence-electron chi connectivity index (χ3n) is 3.12. The van der Waals surface area contributed by atoms with E-state index in [-0.39, 0.29) is 5.82 Å². The summed E-state index contributed by atoms with van der Waals surface area (Å²) < 4.78 is 24.8. The highest BCUT2D eigenvalue weighted by Crippen LogP contribution is 2.38. The Morgan fingerprint density at radius 1 is 1.14 bits per heavy atom. The molecule has 1 heterocycles. The van der Waals surface area contributed by atoms with E-state index in [9.17, 15) is 4.39 Å². The predicted molar refractivity (Wildman–Crippen MR) is 83.9 cm³/mol. The van der Waals surface area contributed by atoms with E-state index in [4.69, 9.17) is 21.1 Å². The summed E-state index contributed by atoms with van der Waals surface area (Å²) in [5.74, 6) is 1.05. The highest BCUT2D eigenvalue weighted by molar-refractivity contribution is 9.10. The average molecular weight is 373 g/mol. The quantitative estimate of drug-likeness (QED) is 0.852. The maximum Gasteiger partial charge on any atom is 0.163 e. The van der Waals surface area contributed by atoms with E-state index in [0.29, 0.717) is 40.8 Å². The molecule has 0 atom stereocenters. The lowest BCUT2D eigenvalue weighted by atomic mass is 10.2. The van der Waals surface area contributed by atoms with Crippen molar-refractivity contribution < 1.29 is 13.9 Å². The number of hydrogen-bond acceptors (Lipinski definition) is 3. The molecular weight excluding hydrogens is 361 g/mol. The molecule has 0 saturated carbocycles. The smallest absolute Gasteiger partial charge is 0.163 e. The molecule has 0 fully saturated rings. The van der Waals surface area contributed by atoms with Crippen LogP contribution < -0.4 is 14.8 Å². The van der Waals surface area contributed by atoms with Gasteiger partial charge >= 0.3 is 0 Å². The fourth-order valence-corrected chi connectivity index (χ4v) is 2.77. The molecule has 0 unspecified atom stereocenters. The summed E-state index contributed by atoms with van der Waals surface area (Å²) in [6.45, 7) is 1.57. The SMILES string of the molecule is Fc1ccc(CNc2cc3c(cc2Cl)OCCO3)c(Br)c1. The van der Waals surface area contributed by atoms with Crippen LogP contribution in [0.25, 0.3) is 0 Å². The van der Waals surface area contributed by atoms with Crippen molar-refractivity contribution >= 4 is 33.2 Å². The number of halogens is 3.